The van der Waals surface area contributed by atoms with Crippen molar-refractivity contribution < 1.29 is 14.0 Å². The van der Waals surface area contributed by atoms with Gasteiger partial charge in [-0.2, -0.15) is 0 Å². The van der Waals surface area contributed by atoms with Gasteiger partial charge in [0.25, 0.3) is 5.91 Å². The number of halogens is 1. The number of anilines is 2. The summed E-state index contributed by atoms with van der Waals surface area (Å²) in [6, 6.07) is 12.9. The SMILES string of the molecule is CC[C@H](C)C(=O)Nc1cccc(F)c1C(=O)Nc1ccccc1. The Morgan fingerprint density at radius 1 is 1.04 bits per heavy atom. The molecule has 2 amide bonds. The fraction of sp³-hybridized carbons (Fsp3) is 0.222. The molecule has 0 saturated carbocycles. The zero-order valence-electron chi connectivity index (χ0n) is 13.1. The number of hydrogen-bond donors (Lipinski definition) is 2. The molecule has 0 aliphatic rings. The summed E-state index contributed by atoms with van der Waals surface area (Å²) in [7, 11) is 0. The Hall–Kier alpha value is -2.69. The third-order valence-corrected chi connectivity index (χ3v) is 3.59. The first-order valence-corrected chi connectivity index (χ1v) is 7.48. The molecule has 0 bridgehead atoms. The summed E-state index contributed by atoms with van der Waals surface area (Å²) in [4.78, 5) is 24.4. The Morgan fingerprint density at radius 2 is 1.74 bits per heavy atom. The van der Waals surface area contributed by atoms with E-state index < -0.39 is 11.7 Å². The van der Waals surface area contributed by atoms with Crippen LogP contribution in [0.3, 0.4) is 0 Å². The first-order valence-electron chi connectivity index (χ1n) is 7.48. The van der Waals surface area contributed by atoms with E-state index in [0.29, 0.717) is 12.1 Å². The third kappa shape index (κ3) is 4.16. The lowest BCUT2D eigenvalue weighted by atomic mass is 10.1. The van der Waals surface area contributed by atoms with Gasteiger partial charge in [-0.3, -0.25) is 9.59 Å². The standard InChI is InChI=1S/C18H19FN2O2/c1-3-12(2)17(22)21-15-11-7-10-14(19)16(15)18(23)20-13-8-5-4-6-9-13/h4-12H,3H2,1-2H3,(H,20,23)(H,21,22)/t12-/m0/s1. The first kappa shape index (κ1) is 16.7. The minimum atomic E-state index is -0.680. The molecule has 5 heteroatoms. The lowest BCUT2D eigenvalue weighted by Gasteiger charge is -2.14. The quantitative estimate of drug-likeness (QED) is 0.874. The molecule has 0 fully saturated rings. The van der Waals surface area contributed by atoms with Gasteiger partial charge >= 0.3 is 0 Å². The lowest BCUT2D eigenvalue weighted by Crippen LogP contribution is -2.23. The van der Waals surface area contributed by atoms with Crippen LogP contribution < -0.4 is 10.6 Å². The molecule has 0 saturated heterocycles. The van der Waals surface area contributed by atoms with Crippen LogP contribution >= 0.6 is 0 Å². The highest BCUT2D eigenvalue weighted by Gasteiger charge is 2.20. The van der Waals surface area contributed by atoms with Crippen LogP contribution in [0.15, 0.2) is 48.5 Å². The van der Waals surface area contributed by atoms with E-state index in [9.17, 15) is 14.0 Å². The van der Waals surface area contributed by atoms with Crippen LogP contribution in [0.5, 0.6) is 0 Å². The van der Waals surface area contributed by atoms with Crippen molar-refractivity contribution in [2.24, 2.45) is 5.92 Å². The van der Waals surface area contributed by atoms with Gasteiger partial charge in [0, 0.05) is 11.6 Å². The van der Waals surface area contributed by atoms with Crippen molar-refractivity contribution in [3.05, 3.63) is 59.9 Å². The fourth-order valence-electron chi connectivity index (χ4n) is 2.02. The molecule has 1 atom stereocenters. The molecule has 0 aliphatic heterocycles. The second-order valence-electron chi connectivity index (χ2n) is 5.28. The molecule has 2 aromatic carbocycles. The van der Waals surface area contributed by atoms with E-state index in [1.165, 1.54) is 18.2 Å². The average molecular weight is 314 g/mol. The molecule has 120 valence electrons. The maximum absolute atomic E-state index is 14.1. The van der Waals surface area contributed by atoms with Gasteiger partial charge in [0.05, 0.1) is 11.3 Å². The summed E-state index contributed by atoms with van der Waals surface area (Å²) in [5.41, 5.74) is 0.552. The summed E-state index contributed by atoms with van der Waals surface area (Å²) in [6.07, 6.45) is 0.659. The summed E-state index contributed by atoms with van der Waals surface area (Å²) < 4.78 is 14.1. The van der Waals surface area contributed by atoms with Gasteiger partial charge in [0.1, 0.15) is 5.82 Å². The lowest BCUT2D eigenvalue weighted by molar-refractivity contribution is -0.119. The van der Waals surface area contributed by atoms with Crippen molar-refractivity contribution in [3.63, 3.8) is 0 Å². The number of nitrogens with one attached hydrogen (secondary N) is 2. The van der Waals surface area contributed by atoms with Gasteiger partial charge in [-0.25, -0.2) is 4.39 Å². The summed E-state index contributed by atoms with van der Waals surface area (Å²) in [5, 5.41) is 5.25. The molecule has 4 nitrogen and oxygen atoms in total. The zero-order valence-corrected chi connectivity index (χ0v) is 13.1. The van der Waals surface area contributed by atoms with Crippen LogP contribution in [0.25, 0.3) is 0 Å². The molecule has 2 aromatic rings. The van der Waals surface area contributed by atoms with Gasteiger partial charge in [-0.15, -0.1) is 0 Å². The van der Waals surface area contributed by atoms with Crippen LogP contribution in [-0.2, 0) is 4.79 Å². The smallest absolute Gasteiger partial charge is 0.260 e. The predicted octanol–water partition coefficient (Wildman–Crippen LogP) is 4.06. The van der Waals surface area contributed by atoms with Crippen molar-refractivity contribution in [3.8, 4) is 0 Å². The maximum Gasteiger partial charge on any atom is 0.260 e. The second kappa shape index (κ2) is 7.54. The summed E-state index contributed by atoms with van der Waals surface area (Å²) in [6.45, 7) is 3.66. The highest BCUT2D eigenvalue weighted by molar-refractivity contribution is 6.10. The molecule has 0 spiro atoms. The number of hydrogen-bond acceptors (Lipinski definition) is 2. The van der Waals surface area contributed by atoms with E-state index in [0.717, 1.165) is 0 Å². The fourth-order valence-corrected chi connectivity index (χ4v) is 2.02. The number of carbonyl (C=O) groups is 2. The van der Waals surface area contributed by atoms with Crippen LogP contribution in [-0.4, -0.2) is 11.8 Å². The van der Waals surface area contributed by atoms with E-state index in [1.807, 2.05) is 13.0 Å². The van der Waals surface area contributed by atoms with Crippen LogP contribution in [0.4, 0.5) is 15.8 Å². The Bertz CT molecular complexity index is 701. The normalized spacial score (nSPS) is 11.6. The predicted molar refractivity (Wildman–Crippen MR) is 88.9 cm³/mol. The number of benzene rings is 2. The Morgan fingerprint density at radius 3 is 2.39 bits per heavy atom. The van der Waals surface area contributed by atoms with Gasteiger partial charge in [0.15, 0.2) is 0 Å². The number of amides is 2. The molecule has 0 radical (unpaired) electrons. The molecule has 2 N–H and O–H groups in total. The third-order valence-electron chi connectivity index (χ3n) is 3.59. The number of rotatable bonds is 5. The topological polar surface area (TPSA) is 58.2 Å². The van der Waals surface area contributed by atoms with E-state index in [2.05, 4.69) is 10.6 Å². The summed E-state index contributed by atoms with van der Waals surface area (Å²) in [5.74, 6) is -1.75. The van der Waals surface area contributed by atoms with Crippen LogP contribution in [0.2, 0.25) is 0 Å². The molecule has 23 heavy (non-hydrogen) atoms. The van der Waals surface area contributed by atoms with Gasteiger partial charge in [-0.1, -0.05) is 38.1 Å². The maximum atomic E-state index is 14.1. The molecular weight excluding hydrogens is 295 g/mol. The van der Waals surface area contributed by atoms with Gasteiger partial charge < -0.3 is 10.6 Å². The van der Waals surface area contributed by atoms with Crippen LogP contribution in [0, 0.1) is 11.7 Å². The average Bonchev–Trinajstić information content (AvgIpc) is 2.54. The highest BCUT2D eigenvalue weighted by Crippen LogP contribution is 2.22. The molecule has 0 aliphatic carbocycles. The highest BCUT2D eigenvalue weighted by atomic mass is 19.1. The van der Waals surface area contributed by atoms with Gasteiger partial charge in [-0.05, 0) is 30.7 Å². The van der Waals surface area contributed by atoms with E-state index in [-0.39, 0.29) is 23.1 Å². The van der Waals surface area contributed by atoms with Gasteiger partial charge in [0.2, 0.25) is 5.91 Å². The zero-order chi connectivity index (χ0) is 16.8. The minimum Gasteiger partial charge on any atom is -0.325 e. The monoisotopic (exact) mass is 314 g/mol. The molecule has 0 heterocycles. The molecular formula is C18H19FN2O2. The minimum absolute atomic E-state index is 0.170. The number of para-hydroxylation sites is 1. The largest absolute Gasteiger partial charge is 0.325 e. The Labute approximate surface area is 134 Å². The molecule has 0 unspecified atom stereocenters. The van der Waals surface area contributed by atoms with Crippen molar-refractivity contribution >= 4 is 23.2 Å². The number of carbonyl (C=O) groups excluding carboxylic acids is 2. The molecule has 0 aromatic heterocycles. The van der Waals surface area contributed by atoms with E-state index >= 15 is 0 Å². The van der Waals surface area contributed by atoms with Crippen LogP contribution in [0.1, 0.15) is 30.6 Å². The Kier molecular flexibility index (Phi) is 5.46. The van der Waals surface area contributed by atoms with E-state index in [1.54, 1.807) is 31.2 Å². The second-order valence-corrected chi connectivity index (χ2v) is 5.28. The first-order chi connectivity index (χ1) is 11.0. The molecule has 2 rings (SSSR count). The summed E-state index contributed by atoms with van der Waals surface area (Å²) >= 11 is 0. The van der Waals surface area contributed by atoms with Crippen molar-refractivity contribution in [2.45, 2.75) is 20.3 Å². The van der Waals surface area contributed by atoms with Crippen molar-refractivity contribution in [1.82, 2.24) is 0 Å². The Balaban J connectivity index is 2.27. The van der Waals surface area contributed by atoms with Crippen molar-refractivity contribution in [1.29, 1.82) is 0 Å². The van der Waals surface area contributed by atoms with E-state index in [4.69, 9.17) is 0 Å². The van der Waals surface area contributed by atoms with Crippen molar-refractivity contribution in [2.75, 3.05) is 10.6 Å².